The third-order valence-corrected chi connectivity index (χ3v) is 4.37. The molecule has 0 aliphatic rings. The largest absolute Gasteiger partial charge is 0.507 e. The van der Waals surface area contributed by atoms with Gasteiger partial charge in [0.2, 0.25) is 5.05 Å². The first-order valence-electron chi connectivity index (χ1n) is 8.16. The Kier molecular flexibility index (Phi) is 7.16. The van der Waals surface area contributed by atoms with Gasteiger partial charge in [0.1, 0.15) is 17.1 Å². The van der Waals surface area contributed by atoms with Crippen LogP contribution in [0, 0.1) is 6.92 Å². The first-order chi connectivity index (χ1) is 13.3. The fourth-order valence-corrected chi connectivity index (χ4v) is 2.67. The molecule has 2 aromatic carbocycles. The first kappa shape index (κ1) is 21.0. The summed E-state index contributed by atoms with van der Waals surface area (Å²) in [4.78, 5) is 22.8. The van der Waals surface area contributed by atoms with E-state index in [0.717, 1.165) is 23.3 Å². The lowest BCUT2D eigenvalue weighted by atomic mass is 10.1. The summed E-state index contributed by atoms with van der Waals surface area (Å²) >= 11 is 0. The zero-order valence-corrected chi connectivity index (χ0v) is 15.7. The number of carboxylic acids is 1. The van der Waals surface area contributed by atoms with Gasteiger partial charge in [-0.2, -0.15) is 8.42 Å². The number of carbonyl (C=O) groups excluding carboxylic acids is 1. The van der Waals surface area contributed by atoms with Gasteiger partial charge in [-0.1, -0.05) is 29.8 Å². The van der Waals surface area contributed by atoms with Gasteiger partial charge in [-0.15, -0.1) is 0 Å². The highest BCUT2D eigenvalue weighted by molar-refractivity contribution is 7.72. The Morgan fingerprint density at radius 2 is 1.75 bits per heavy atom. The Morgan fingerprint density at radius 3 is 2.36 bits per heavy atom. The lowest BCUT2D eigenvalue weighted by molar-refractivity contribution is -0.137. The van der Waals surface area contributed by atoms with E-state index in [0.29, 0.717) is 6.42 Å². The lowest BCUT2D eigenvalue weighted by Gasteiger charge is -2.08. The second kappa shape index (κ2) is 9.56. The molecular formula is C19H18O8S. The fraction of sp³-hybridized carbons (Fsp3) is 0.211. The van der Waals surface area contributed by atoms with Crippen molar-refractivity contribution in [3.8, 4) is 11.5 Å². The standard InChI is InChI=1S/C19H18O8S/c1-12-2-4-13(5-3-12)6-9-18(28(24)25)27-17(21)11-26-14-7-8-16(20)15(10-14)19(22)23/h2-5,7-8,10,20H,6,9,11H2,1H3,(H,22,23). The SMILES string of the molecule is Cc1ccc(CCC(OC(=O)COc2ccc(O)c(C(=O)O)c2)=S(=O)=O)cc1. The average molecular weight is 406 g/mol. The van der Waals surface area contributed by atoms with Crippen LogP contribution in [0.15, 0.2) is 42.5 Å². The average Bonchev–Trinajstić information content (AvgIpc) is 2.65. The van der Waals surface area contributed by atoms with Crippen molar-refractivity contribution < 1.29 is 37.7 Å². The number of esters is 1. The van der Waals surface area contributed by atoms with Gasteiger partial charge in [-0.05, 0) is 37.1 Å². The zero-order valence-electron chi connectivity index (χ0n) is 14.9. The molecule has 0 aromatic heterocycles. The monoisotopic (exact) mass is 406 g/mol. The van der Waals surface area contributed by atoms with Gasteiger partial charge in [-0.3, -0.25) is 0 Å². The van der Waals surface area contributed by atoms with Crippen LogP contribution in [0.1, 0.15) is 27.9 Å². The van der Waals surface area contributed by atoms with Gasteiger partial charge >= 0.3 is 11.9 Å². The molecule has 0 atom stereocenters. The van der Waals surface area contributed by atoms with Crippen LogP contribution < -0.4 is 4.74 Å². The number of aromatic hydroxyl groups is 1. The molecule has 8 nitrogen and oxygen atoms in total. The summed E-state index contributed by atoms with van der Waals surface area (Å²) in [6.07, 6.45) is 0.380. The van der Waals surface area contributed by atoms with E-state index in [2.05, 4.69) is 0 Å². The van der Waals surface area contributed by atoms with Crippen LogP contribution in [0.2, 0.25) is 0 Å². The Balaban J connectivity index is 1.94. The Morgan fingerprint density at radius 1 is 1.07 bits per heavy atom. The number of phenols is 1. The molecule has 0 amide bonds. The molecule has 0 radical (unpaired) electrons. The number of ether oxygens (including phenoxy) is 2. The number of aromatic carboxylic acids is 1. The molecule has 0 bridgehead atoms. The molecule has 0 spiro atoms. The summed E-state index contributed by atoms with van der Waals surface area (Å²) in [5, 5.41) is 18.0. The maximum Gasteiger partial charge on any atom is 0.350 e. The van der Waals surface area contributed by atoms with Crippen LogP contribution in [0.5, 0.6) is 11.5 Å². The molecule has 0 saturated heterocycles. The second-order valence-electron chi connectivity index (χ2n) is 5.84. The van der Waals surface area contributed by atoms with Crippen molar-refractivity contribution in [2.45, 2.75) is 19.8 Å². The number of hydrogen-bond acceptors (Lipinski definition) is 7. The van der Waals surface area contributed by atoms with Crippen LogP contribution in [0.4, 0.5) is 0 Å². The second-order valence-corrected chi connectivity index (χ2v) is 6.76. The van der Waals surface area contributed by atoms with Gasteiger partial charge in [0, 0.05) is 6.42 Å². The van der Waals surface area contributed by atoms with E-state index in [1.165, 1.54) is 6.07 Å². The molecule has 148 valence electrons. The predicted octanol–water partition coefficient (Wildman–Crippen LogP) is 1.96. The van der Waals surface area contributed by atoms with Gasteiger partial charge in [0.05, 0.1) is 0 Å². The fourth-order valence-electron chi connectivity index (χ4n) is 2.24. The van der Waals surface area contributed by atoms with E-state index in [1.807, 2.05) is 31.2 Å². The summed E-state index contributed by atoms with van der Waals surface area (Å²) in [7, 11) is -2.71. The normalized spacial score (nSPS) is 10.2. The Labute approximate surface area is 162 Å². The van der Waals surface area contributed by atoms with E-state index in [4.69, 9.17) is 14.6 Å². The number of aryl methyl sites for hydroxylation is 2. The highest BCUT2D eigenvalue weighted by atomic mass is 32.2. The van der Waals surface area contributed by atoms with Crippen molar-refractivity contribution in [2.24, 2.45) is 0 Å². The summed E-state index contributed by atoms with van der Waals surface area (Å²) in [6.45, 7) is 1.30. The topological polar surface area (TPSA) is 127 Å². The van der Waals surface area contributed by atoms with E-state index in [-0.39, 0.29) is 12.2 Å². The molecule has 0 saturated carbocycles. The lowest BCUT2D eigenvalue weighted by Crippen LogP contribution is -2.20. The highest BCUT2D eigenvalue weighted by Gasteiger charge is 2.14. The van der Waals surface area contributed by atoms with Crippen molar-refractivity contribution in [1.82, 2.24) is 0 Å². The molecule has 0 aliphatic heterocycles. The number of hydrogen-bond donors (Lipinski definition) is 2. The first-order valence-corrected chi connectivity index (χ1v) is 9.24. The smallest absolute Gasteiger partial charge is 0.350 e. The van der Waals surface area contributed by atoms with Crippen LogP contribution in [0.25, 0.3) is 0 Å². The summed E-state index contributed by atoms with van der Waals surface area (Å²) in [5.74, 6) is -2.75. The van der Waals surface area contributed by atoms with Gasteiger partial charge in [0.15, 0.2) is 6.61 Å². The van der Waals surface area contributed by atoms with Crippen molar-refractivity contribution in [3.63, 3.8) is 0 Å². The van der Waals surface area contributed by atoms with Gasteiger partial charge in [0.25, 0.3) is 10.3 Å². The number of rotatable bonds is 7. The molecule has 28 heavy (non-hydrogen) atoms. The molecule has 0 heterocycles. The molecule has 9 heteroatoms. The third-order valence-electron chi connectivity index (χ3n) is 3.71. The Bertz CT molecular complexity index is 999. The molecule has 2 aromatic rings. The van der Waals surface area contributed by atoms with Crippen LogP contribution >= 0.6 is 0 Å². The van der Waals surface area contributed by atoms with Crippen molar-refractivity contribution in [2.75, 3.05) is 6.61 Å². The number of carboxylic acid groups (broad SMARTS) is 1. The van der Waals surface area contributed by atoms with Crippen LogP contribution in [-0.2, 0) is 26.2 Å². The van der Waals surface area contributed by atoms with E-state index in [9.17, 15) is 23.1 Å². The van der Waals surface area contributed by atoms with E-state index in [1.54, 1.807) is 0 Å². The summed E-state index contributed by atoms with van der Waals surface area (Å²) in [6, 6.07) is 10.9. The maximum atomic E-state index is 11.9. The molecule has 0 unspecified atom stereocenters. The summed E-state index contributed by atoms with van der Waals surface area (Å²) in [5.41, 5.74) is 1.58. The predicted molar refractivity (Wildman–Crippen MR) is 100 cm³/mol. The van der Waals surface area contributed by atoms with E-state index < -0.39 is 45.2 Å². The Hall–Kier alpha value is -3.33. The molecular weight excluding hydrogens is 388 g/mol. The van der Waals surface area contributed by atoms with Crippen molar-refractivity contribution in [1.29, 1.82) is 0 Å². The zero-order chi connectivity index (χ0) is 20.7. The molecule has 2 rings (SSSR count). The quantitative estimate of drug-likeness (QED) is 0.528. The summed E-state index contributed by atoms with van der Waals surface area (Å²) < 4.78 is 32.5. The van der Waals surface area contributed by atoms with Crippen molar-refractivity contribution in [3.05, 3.63) is 59.2 Å². The van der Waals surface area contributed by atoms with Gasteiger partial charge in [-0.25, -0.2) is 9.59 Å². The van der Waals surface area contributed by atoms with Crippen LogP contribution in [-0.4, -0.2) is 42.2 Å². The van der Waals surface area contributed by atoms with Gasteiger partial charge < -0.3 is 19.7 Å². The van der Waals surface area contributed by atoms with Crippen LogP contribution in [0.3, 0.4) is 0 Å². The molecule has 0 aliphatic carbocycles. The third kappa shape index (κ3) is 6.13. The van der Waals surface area contributed by atoms with E-state index >= 15 is 0 Å². The highest BCUT2D eigenvalue weighted by Crippen LogP contribution is 2.23. The minimum atomic E-state index is -2.71. The maximum absolute atomic E-state index is 11.9. The number of carbonyl (C=O) groups is 2. The minimum absolute atomic E-state index is 0.00723. The minimum Gasteiger partial charge on any atom is -0.507 e. The molecule has 2 N–H and O–H groups in total. The number of benzene rings is 2. The van der Waals surface area contributed by atoms with Crippen molar-refractivity contribution >= 4 is 27.3 Å². The molecule has 0 fully saturated rings.